The fourth-order valence-electron chi connectivity index (χ4n) is 3.04. The SMILES string of the molecule is COC1CC(C)C(=O)CC(C)(C)C1OC(=O)c1ccccc1. The van der Waals surface area contributed by atoms with Crippen LogP contribution in [0.3, 0.4) is 0 Å². The van der Waals surface area contributed by atoms with E-state index in [-0.39, 0.29) is 23.8 Å². The van der Waals surface area contributed by atoms with Gasteiger partial charge in [0.05, 0.1) is 11.7 Å². The minimum absolute atomic E-state index is 0.0790. The van der Waals surface area contributed by atoms with Crippen molar-refractivity contribution in [2.45, 2.75) is 45.8 Å². The van der Waals surface area contributed by atoms with Crippen molar-refractivity contribution in [2.75, 3.05) is 7.11 Å². The molecule has 1 aromatic carbocycles. The molecule has 4 nitrogen and oxygen atoms in total. The largest absolute Gasteiger partial charge is 0.455 e. The first-order chi connectivity index (χ1) is 10.3. The predicted octanol–water partition coefficient (Wildman–Crippen LogP) is 3.25. The van der Waals surface area contributed by atoms with Crippen molar-refractivity contribution in [2.24, 2.45) is 11.3 Å². The molecule has 1 saturated carbocycles. The molecular weight excluding hydrogens is 280 g/mol. The van der Waals surface area contributed by atoms with Gasteiger partial charge in [0.25, 0.3) is 0 Å². The van der Waals surface area contributed by atoms with Gasteiger partial charge in [-0.05, 0) is 18.6 Å². The molecule has 0 amide bonds. The third-order valence-corrected chi connectivity index (χ3v) is 4.42. The highest BCUT2D eigenvalue weighted by molar-refractivity contribution is 5.89. The summed E-state index contributed by atoms with van der Waals surface area (Å²) in [7, 11) is 1.60. The molecule has 1 fully saturated rings. The topological polar surface area (TPSA) is 52.6 Å². The number of hydrogen-bond acceptors (Lipinski definition) is 4. The van der Waals surface area contributed by atoms with Gasteiger partial charge >= 0.3 is 5.97 Å². The first-order valence-electron chi connectivity index (χ1n) is 7.66. The van der Waals surface area contributed by atoms with E-state index in [0.717, 1.165) is 0 Å². The minimum Gasteiger partial charge on any atom is -0.455 e. The summed E-state index contributed by atoms with van der Waals surface area (Å²) in [6.07, 6.45) is 0.245. The Hall–Kier alpha value is -1.68. The quantitative estimate of drug-likeness (QED) is 0.635. The van der Waals surface area contributed by atoms with Crippen LogP contribution >= 0.6 is 0 Å². The lowest BCUT2D eigenvalue weighted by Crippen LogP contribution is -2.43. The number of hydrogen-bond donors (Lipinski definition) is 0. The first kappa shape index (κ1) is 16.7. The summed E-state index contributed by atoms with van der Waals surface area (Å²) in [6.45, 7) is 5.82. The van der Waals surface area contributed by atoms with Crippen molar-refractivity contribution in [3.05, 3.63) is 35.9 Å². The van der Waals surface area contributed by atoms with Gasteiger partial charge in [0.15, 0.2) is 0 Å². The van der Waals surface area contributed by atoms with Crippen LogP contribution in [-0.4, -0.2) is 31.1 Å². The number of rotatable bonds is 3. The first-order valence-corrected chi connectivity index (χ1v) is 7.66. The number of carbonyl (C=O) groups excluding carboxylic acids is 2. The highest BCUT2D eigenvalue weighted by atomic mass is 16.6. The summed E-state index contributed by atoms with van der Waals surface area (Å²) >= 11 is 0. The molecule has 0 N–H and O–H groups in total. The molecule has 3 atom stereocenters. The Labute approximate surface area is 131 Å². The lowest BCUT2D eigenvalue weighted by Gasteiger charge is -2.35. The highest BCUT2D eigenvalue weighted by Gasteiger charge is 2.45. The van der Waals surface area contributed by atoms with Crippen LogP contribution in [0.4, 0.5) is 0 Å². The van der Waals surface area contributed by atoms with Crippen LogP contribution in [0.1, 0.15) is 44.0 Å². The summed E-state index contributed by atoms with van der Waals surface area (Å²) in [6, 6.07) is 8.90. The summed E-state index contributed by atoms with van der Waals surface area (Å²) in [5.74, 6) is -0.252. The molecule has 3 unspecified atom stereocenters. The fraction of sp³-hybridized carbons (Fsp3) is 0.556. The Balaban J connectivity index is 2.24. The van der Waals surface area contributed by atoms with Crippen LogP contribution in [-0.2, 0) is 14.3 Å². The average molecular weight is 304 g/mol. The molecule has 0 aromatic heterocycles. The van der Waals surface area contributed by atoms with Crippen molar-refractivity contribution in [1.29, 1.82) is 0 Å². The van der Waals surface area contributed by atoms with Gasteiger partial charge in [-0.25, -0.2) is 4.79 Å². The summed E-state index contributed by atoms with van der Waals surface area (Å²) in [5.41, 5.74) is 0.0595. The van der Waals surface area contributed by atoms with E-state index < -0.39 is 11.5 Å². The van der Waals surface area contributed by atoms with Gasteiger partial charge in [-0.1, -0.05) is 39.0 Å². The second-order valence-electron chi connectivity index (χ2n) is 6.73. The number of methoxy groups -OCH3 is 1. The molecule has 1 aromatic rings. The van der Waals surface area contributed by atoms with Crippen molar-refractivity contribution in [3.8, 4) is 0 Å². The molecule has 120 valence electrons. The van der Waals surface area contributed by atoms with Crippen molar-refractivity contribution < 1.29 is 19.1 Å². The van der Waals surface area contributed by atoms with Gasteiger partial charge in [0, 0.05) is 24.9 Å². The molecule has 0 bridgehead atoms. The van der Waals surface area contributed by atoms with Crippen LogP contribution in [0, 0.1) is 11.3 Å². The van der Waals surface area contributed by atoms with Gasteiger partial charge in [0.2, 0.25) is 0 Å². The Morgan fingerprint density at radius 3 is 2.45 bits per heavy atom. The molecule has 0 radical (unpaired) electrons. The zero-order valence-corrected chi connectivity index (χ0v) is 13.7. The molecule has 1 aliphatic rings. The summed E-state index contributed by atoms with van der Waals surface area (Å²) in [4.78, 5) is 24.6. The van der Waals surface area contributed by atoms with Crippen LogP contribution in [0.15, 0.2) is 30.3 Å². The zero-order chi connectivity index (χ0) is 16.3. The van der Waals surface area contributed by atoms with Crippen LogP contribution in [0.2, 0.25) is 0 Å². The molecule has 0 heterocycles. The van der Waals surface area contributed by atoms with E-state index in [1.54, 1.807) is 31.4 Å². The maximum Gasteiger partial charge on any atom is 0.338 e. The normalized spacial score (nSPS) is 28.0. The molecule has 0 aliphatic heterocycles. The minimum atomic E-state index is -0.451. The Kier molecular flexibility index (Phi) is 5.01. The van der Waals surface area contributed by atoms with E-state index in [2.05, 4.69) is 0 Å². The van der Waals surface area contributed by atoms with E-state index in [1.807, 2.05) is 26.8 Å². The van der Waals surface area contributed by atoms with Crippen LogP contribution < -0.4 is 0 Å². The second-order valence-corrected chi connectivity index (χ2v) is 6.73. The Morgan fingerprint density at radius 1 is 1.23 bits per heavy atom. The van der Waals surface area contributed by atoms with E-state index in [9.17, 15) is 9.59 Å². The lowest BCUT2D eigenvalue weighted by molar-refractivity contribution is -0.124. The predicted molar refractivity (Wildman–Crippen MR) is 83.6 cm³/mol. The van der Waals surface area contributed by atoms with E-state index in [1.165, 1.54) is 0 Å². The third-order valence-electron chi connectivity index (χ3n) is 4.42. The van der Waals surface area contributed by atoms with Gasteiger partial charge < -0.3 is 9.47 Å². The average Bonchev–Trinajstić information content (AvgIpc) is 2.57. The van der Waals surface area contributed by atoms with E-state index in [4.69, 9.17) is 9.47 Å². The standard InChI is InChI=1S/C18H24O4/c1-12-10-15(21-4)16(18(2,3)11-14(12)19)22-17(20)13-8-6-5-7-9-13/h5-9,12,15-16H,10-11H2,1-4H3. The molecular formula is C18H24O4. The van der Waals surface area contributed by atoms with Crippen molar-refractivity contribution in [3.63, 3.8) is 0 Å². The van der Waals surface area contributed by atoms with Gasteiger partial charge in [-0.2, -0.15) is 0 Å². The summed E-state index contributed by atoms with van der Waals surface area (Å²) < 4.78 is 11.3. The Morgan fingerprint density at radius 2 is 1.86 bits per heavy atom. The second kappa shape index (κ2) is 6.61. The number of Topliss-reactive ketones (excluding diaryl/α,β-unsaturated/α-hetero) is 1. The molecule has 4 heteroatoms. The maximum absolute atomic E-state index is 12.4. The number of carbonyl (C=O) groups is 2. The van der Waals surface area contributed by atoms with Crippen molar-refractivity contribution >= 4 is 11.8 Å². The summed E-state index contributed by atoms with van der Waals surface area (Å²) in [5, 5.41) is 0. The van der Waals surface area contributed by atoms with Crippen molar-refractivity contribution in [1.82, 2.24) is 0 Å². The zero-order valence-electron chi connectivity index (χ0n) is 13.7. The van der Waals surface area contributed by atoms with Gasteiger partial charge in [-0.3, -0.25) is 4.79 Å². The molecule has 22 heavy (non-hydrogen) atoms. The molecule has 0 spiro atoms. The smallest absolute Gasteiger partial charge is 0.338 e. The maximum atomic E-state index is 12.4. The molecule has 1 aliphatic carbocycles. The van der Waals surface area contributed by atoms with Gasteiger partial charge in [-0.15, -0.1) is 0 Å². The number of esters is 1. The molecule has 0 saturated heterocycles. The Bertz CT molecular complexity index is 535. The lowest BCUT2D eigenvalue weighted by atomic mass is 9.80. The monoisotopic (exact) mass is 304 g/mol. The highest BCUT2D eigenvalue weighted by Crippen LogP contribution is 2.38. The van der Waals surface area contributed by atoms with E-state index >= 15 is 0 Å². The third kappa shape index (κ3) is 3.55. The number of ketones is 1. The molecule has 2 rings (SSSR count). The van der Waals surface area contributed by atoms with Gasteiger partial charge in [0.1, 0.15) is 11.9 Å². The van der Waals surface area contributed by atoms with E-state index in [0.29, 0.717) is 18.4 Å². The fourth-order valence-corrected chi connectivity index (χ4v) is 3.04. The number of benzene rings is 1. The number of ether oxygens (including phenoxy) is 2. The van der Waals surface area contributed by atoms with Crippen LogP contribution in [0.25, 0.3) is 0 Å². The van der Waals surface area contributed by atoms with Crippen LogP contribution in [0.5, 0.6) is 0 Å².